The van der Waals surface area contributed by atoms with Gasteiger partial charge in [0.2, 0.25) is 6.79 Å². The number of benzene rings is 1. The van der Waals surface area contributed by atoms with Gasteiger partial charge in [-0.15, -0.1) is 0 Å². The van der Waals surface area contributed by atoms with Crippen LogP contribution in [0.15, 0.2) is 18.2 Å². The quantitative estimate of drug-likeness (QED) is 0.685. The lowest BCUT2D eigenvalue weighted by Gasteiger charge is -2.50. The van der Waals surface area contributed by atoms with Gasteiger partial charge in [0.15, 0.2) is 17.3 Å². The summed E-state index contributed by atoms with van der Waals surface area (Å²) in [5.41, 5.74) is -0.938. The molecule has 30 heavy (non-hydrogen) atoms. The van der Waals surface area contributed by atoms with Gasteiger partial charge >= 0.3 is 12.1 Å². The van der Waals surface area contributed by atoms with E-state index in [1.54, 1.807) is 12.1 Å². The first-order chi connectivity index (χ1) is 14.4. The maximum atomic E-state index is 12.1. The first-order valence-corrected chi connectivity index (χ1v) is 9.69. The number of carbonyl (C=O) groups is 2. The predicted molar refractivity (Wildman–Crippen MR) is 100 cm³/mol. The molecule has 4 rings (SSSR count). The molecule has 1 spiro atoms. The van der Waals surface area contributed by atoms with Crippen molar-refractivity contribution < 1.29 is 43.1 Å². The smallest absolute Gasteiger partial charge is 0.407 e. The van der Waals surface area contributed by atoms with Crippen molar-refractivity contribution in [3.63, 3.8) is 0 Å². The number of amides is 1. The summed E-state index contributed by atoms with van der Waals surface area (Å²) in [5, 5.41) is 14.3. The van der Waals surface area contributed by atoms with Gasteiger partial charge in [0.25, 0.3) is 0 Å². The second-order valence-corrected chi connectivity index (χ2v) is 7.68. The van der Waals surface area contributed by atoms with E-state index in [9.17, 15) is 14.7 Å². The summed E-state index contributed by atoms with van der Waals surface area (Å²) in [5.74, 6) is -1.000. The summed E-state index contributed by atoms with van der Waals surface area (Å²) in [6.07, 6.45) is -0.734. The maximum Gasteiger partial charge on any atom is 0.407 e. The van der Waals surface area contributed by atoms with Crippen LogP contribution < -0.4 is 14.8 Å². The fraction of sp³-hybridized carbons (Fsp3) is 0.600. The van der Waals surface area contributed by atoms with Gasteiger partial charge in [-0.25, -0.2) is 4.79 Å². The SMILES string of the molecule is COC(=O)CC1(O)CC2(CC(c3ccc4c(c3)OCO4)C1NC(=O)OC)OCCO2. The van der Waals surface area contributed by atoms with Crippen LogP contribution >= 0.6 is 0 Å². The second-order valence-electron chi connectivity index (χ2n) is 7.68. The fourth-order valence-corrected chi connectivity index (χ4v) is 4.56. The minimum atomic E-state index is -1.70. The summed E-state index contributed by atoms with van der Waals surface area (Å²) < 4.78 is 32.2. The van der Waals surface area contributed by atoms with Crippen LogP contribution in [0.3, 0.4) is 0 Å². The van der Waals surface area contributed by atoms with Crippen molar-refractivity contribution in [3.8, 4) is 11.5 Å². The number of hydrogen-bond acceptors (Lipinski definition) is 9. The largest absolute Gasteiger partial charge is 0.469 e. The van der Waals surface area contributed by atoms with Crippen LogP contribution in [0.2, 0.25) is 0 Å². The highest BCUT2D eigenvalue weighted by Gasteiger charge is 2.58. The lowest BCUT2D eigenvalue weighted by molar-refractivity contribution is -0.231. The number of methoxy groups -OCH3 is 2. The standard InChI is InChI=1S/C20H25NO9/c1-25-16(22)9-19(24)10-20(29-5-6-30-20)8-13(17(19)21-18(23)26-2)12-3-4-14-15(7-12)28-11-27-14/h3-4,7,13,17,24H,5-6,8-11H2,1-2H3,(H,21,23). The second kappa shape index (κ2) is 7.93. The highest BCUT2D eigenvalue weighted by Crippen LogP contribution is 2.50. The van der Waals surface area contributed by atoms with E-state index in [0.29, 0.717) is 31.1 Å². The molecular weight excluding hydrogens is 398 g/mol. The monoisotopic (exact) mass is 423 g/mol. The zero-order valence-corrected chi connectivity index (χ0v) is 16.8. The first kappa shape index (κ1) is 20.7. The number of rotatable bonds is 4. The normalized spacial score (nSPS) is 28.9. The summed E-state index contributed by atoms with van der Waals surface area (Å²) >= 11 is 0. The van der Waals surface area contributed by atoms with Crippen molar-refractivity contribution in [3.05, 3.63) is 23.8 Å². The molecule has 3 aliphatic rings. The van der Waals surface area contributed by atoms with E-state index in [4.69, 9.17) is 28.4 Å². The zero-order valence-electron chi connectivity index (χ0n) is 16.8. The van der Waals surface area contributed by atoms with Crippen LogP contribution in [0.1, 0.15) is 30.7 Å². The van der Waals surface area contributed by atoms with Crippen LogP contribution in [0, 0.1) is 0 Å². The van der Waals surface area contributed by atoms with E-state index in [2.05, 4.69) is 5.32 Å². The third kappa shape index (κ3) is 3.78. The molecule has 1 aromatic carbocycles. The molecule has 1 amide bonds. The van der Waals surface area contributed by atoms with E-state index in [1.165, 1.54) is 14.2 Å². The van der Waals surface area contributed by atoms with Crippen LogP contribution in [0.5, 0.6) is 11.5 Å². The molecule has 164 valence electrons. The van der Waals surface area contributed by atoms with Gasteiger partial charge in [-0.05, 0) is 17.7 Å². The Balaban J connectivity index is 1.76. The van der Waals surface area contributed by atoms with Crippen molar-refractivity contribution in [2.24, 2.45) is 0 Å². The zero-order chi connectivity index (χ0) is 21.4. The number of nitrogens with one attached hydrogen (secondary N) is 1. The Bertz CT molecular complexity index is 822. The number of alkyl carbamates (subject to hydrolysis) is 1. The van der Waals surface area contributed by atoms with Crippen molar-refractivity contribution >= 4 is 12.1 Å². The summed E-state index contributed by atoms with van der Waals surface area (Å²) in [6.45, 7) is 0.865. The molecule has 2 aliphatic heterocycles. The molecular formula is C20H25NO9. The van der Waals surface area contributed by atoms with Gasteiger partial charge in [0, 0.05) is 18.8 Å². The number of esters is 1. The van der Waals surface area contributed by atoms with Gasteiger partial charge in [0.05, 0.1) is 39.9 Å². The van der Waals surface area contributed by atoms with Gasteiger partial charge in [-0.3, -0.25) is 4.79 Å². The average Bonchev–Trinajstić information content (AvgIpc) is 3.38. The van der Waals surface area contributed by atoms with E-state index in [0.717, 1.165) is 5.56 Å². The molecule has 1 saturated heterocycles. The molecule has 1 aromatic rings. The molecule has 1 aliphatic carbocycles. The van der Waals surface area contributed by atoms with Crippen LogP contribution in [-0.2, 0) is 23.7 Å². The minimum Gasteiger partial charge on any atom is -0.469 e. The van der Waals surface area contributed by atoms with Crippen molar-refractivity contribution in [2.45, 2.75) is 42.6 Å². The van der Waals surface area contributed by atoms with Gasteiger partial charge < -0.3 is 38.8 Å². The van der Waals surface area contributed by atoms with Gasteiger partial charge in [-0.1, -0.05) is 6.07 Å². The highest BCUT2D eigenvalue weighted by molar-refractivity contribution is 5.72. The number of aliphatic hydroxyl groups is 1. The Morgan fingerprint density at radius 1 is 1.17 bits per heavy atom. The number of hydrogen-bond donors (Lipinski definition) is 2. The lowest BCUT2D eigenvalue weighted by atomic mass is 9.67. The maximum absolute atomic E-state index is 12.1. The van der Waals surface area contributed by atoms with Crippen LogP contribution in [-0.4, -0.2) is 68.8 Å². The van der Waals surface area contributed by atoms with E-state index in [-0.39, 0.29) is 19.6 Å². The Hall–Kier alpha value is -2.56. The molecule has 3 atom stereocenters. The molecule has 0 radical (unpaired) electrons. The Morgan fingerprint density at radius 2 is 1.90 bits per heavy atom. The molecule has 10 nitrogen and oxygen atoms in total. The topological polar surface area (TPSA) is 122 Å². The van der Waals surface area contributed by atoms with Gasteiger partial charge in [0.1, 0.15) is 5.60 Å². The molecule has 2 heterocycles. The van der Waals surface area contributed by atoms with E-state index in [1.807, 2.05) is 6.07 Å². The Morgan fingerprint density at radius 3 is 2.60 bits per heavy atom. The van der Waals surface area contributed by atoms with E-state index >= 15 is 0 Å². The van der Waals surface area contributed by atoms with Crippen molar-refractivity contribution in [1.82, 2.24) is 5.32 Å². The fourth-order valence-electron chi connectivity index (χ4n) is 4.56. The molecule has 2 N–H and O–H groups in total. The number of ether oxygens (including phenoxy) is 6. The highest BCUT2D eigenvalue weighted by atomic mass is 16.7. The lowest BCUT2D eigenvalue weighted by Crippen LogP contribution is -2.64. The first-order valence-electron chi connectivity index (χ1n) is 9.69. The van der Waals surface area contributed by atoms with Crippen molar-refractivity contribution in [1.29, 1.82) is 0 Å². The predicted octanol–water partition coefficient (Wildman–Crippen LogP) is 1.05. The molecule has 1 saturated carbocycles. The Labute approximate surface area is 173 Å². The molecule has 2 fully saturated rings. The molecule has 0 bridgehead atoms. The average molecular weight is 423 g/mol. The van der Waals surface area contributed by atoms with E-state index < -0.39 is 35.4 Å². The molecule has 0 aromatic heterocycles. The molecule has 3 unspecified atom stereocenters. The molecule has 10 heteroatoms. The summed E-state index contributed by atoms with van der Waals surface area (Å²) in [4.78, 5) is 24.3. The Kier molecular flexibility index (Phi) is 5.48. The van der Waals surface area contributed by atoms with Crippen molar-refractivity contribution in [2.75, 3.05) is 34.2 Å². The summed E-state index contributed by atoms with van der Waals surface area (Å²) in [6, 6.07) is 4.52. The third-order valence-corrected chi connectivity index (χ3v) is 5.86. The third-order valence-electron chi connectivity index (χ3n) is 5.86. The summed E-state index contributed by atoms with van der Waals surface area (Å²) in [7, 11) is 2.47. The van der Waals surface area contributed by atoms with Gasteiger partial charge in [-0.2, -0.15) is 0 Å². The number of fused-ring (bicyclic) bond motifs is 1. The van der Waals surface area contributed by atoms with Crippen LogP contribution in [0.4, 0.5) is 4.79 Å². The van der Waals surface area contributed by atoms with Crippen LogP contribution in [0.25, 0.3) is 0 Å². The minimum absolute atomic E-state index is 0.00911. The number of carbonyl (C=O) groups excluding carboxylic acids is 2.